The molecule has 0 aromatic heterocycles. The quantitative estimate of drug-likeness (QED) is 0.431. The van der Waals surface area contributed by atoms with Crippen LogP contribution in [-0.4, -0.2) is 13.1 Å². The van der Waals surface area contributed by atoms with Gasteiger partial charge in [-0.2, -0.15) is 0 Å². The van der Waals surface area contributed by atoms with Gasteiger partial charge in [-0.1, -0.05) is 13.3 Å². The van der Waals surface area contributed by atoms with E-state index in [4.69, 9.17) is 5.73 Å². The minimum Gasteiger partial charge on any atom is -0.330 e. The number of nitrogens with one attached hydrogen (secondary N) is 1. The number of unbranched alkanes of at least 4 members (excludes halogenated alkanes) is 1. The van der Waals surface area contributed by atoms with E-state index >= 15 is 0 Å². The lowest BCUT2D eigenvalue weighted by Crippen LogP contribution is -2.11. The molecule has 1 atom stereocenters. The van der Waals surface area contributed by atoms with Gasteiger partial charge >= 0.3 is 0 Å². The van der Waals surface area contributed by atoms with Crippen molar-refractivity contribution in [2.45, 2.75) is 26.2 Å². The van der Waals surface area contributed by atoms with Gasteiger partial charge < -0.3 is 5.73 Å². The standard InChI is InChI=1S/C7H17IN2/c1-7(6-9)4-2-3-5-10-8/h7,10H,2-6,9H2,1H3/t7-/m0/s1. The Hall–Kier alpha value is 0.650. The monoisotopic (exact) mass is 256 g/mol. The molecule has 3 heteroatoms. The van der Waals surface area contributed by atoms with Crippen LogP contribution in [0.2, 0.25) is 0 Å². The first-order valence-electron chi connectivity index (χ1n) is 3.84. The van der Waals surface area contributed by atoms with Crippen molar-refractivity contribution >= 4 is 22.9 Å². The molecule has 0 aromatic rings. The maximum atomic E-state index is 5.47. The Morgan fingerprint density at radius 3 is 2.70 bits per heavy atom. The molecular formula is C7H17IN2. The first-order chi connectivity index (χ1) is 4.81. The molecule has 0 aliphatic heterocycles. The third kappa shape index (κ3) is 6.77. The Morgan fingerprint density at radius 1 is 1.50 bits per heavy atom. The lowest BCUT2D eigenvalue weighted by atomic mass is 10.0. The Balaban J connectivity index is 2.89. The highest BCUT2D eigenvalue weighted by Crippen LogP contribution is 2.04. The van der Waals surface area contributed by atoms with Crippen LogP contribution < -0.4 is 9.26 Å². The van der Waals surface area contributed by atoms with Gasteiger partial charge in [-0.15, -0.1) is 0 Å². The van der Waals surface area contributed by atoms with Gasteiger partial charge in [-0.05, 0) is 25.3 Å². The summed E-state index contributed by atoms with van der Waals surface area (Å²) in [6.07, 6.45) is 3.84. The molecule has 0 aromatic carbocycles. The van der Waals surface area contributed by atoms with Crippen LogP contribution in [0.5, 0.6) is 0 Å². The number of hydrogen-bond donors (Lipinski definition) is 2. The normalized spacial score (nSPS) is 13.5. The lowest BCUT2D eigenvalue weighted by molar-refractivity contribution is 0.508. The fourth-order valence-corrected chi connectivity index (χ4v) is 1.18. The van der Waals surface area contributed by atoms with Crippen molar-refractivity contribution in [2.24, 2.45) is 11.7 Å². The second-order valence-corrected chi connectivity index (χ2v) is 3.48. The maximum absolute atomic E-state index is 5.47. The van der Waals surface area contributed by atoms with Gasteiger partial charge in [0.1, 0.15) is 0 Å². The summed E-state index contributed by atoms with van der Waals surface area (Å²) in [5.74, 6) is 0.703. The number of halogens is 1. The van der Waals surface area contributed by atoms with E-state index in [0.717, 1.165) is 13.1 Å². The molecule has 62 valence electrons. The van der Waals surface area contributed by atoms with Crippen molar-refractivity contribution in [3.05, 3.63) is 0 Å². The molecule has 2 nitrogen and oxygen atoms in total. The minimum absolute atomic E-state index is 0.703. The van der Waals surface area contributed by atoms with Crippen molar-refractivity contribution < 1.29 is 0 Å². The summed E-state index contributed by atoms with van der Waals surface area (Å²) in [6, 6.07) is 0. The van der Waals surface area contributed by atoms with Crippen molar-refractivity contribution in [1.82, 2.24) is 3.53 Å². The number of nitrogens with two attached hydrogens (primary N) is 1. The molecule has 0 heterocycles. The molecule has 0 fully saturated rings. The van der Waals surface area contributed by atoms with Crippen LogP contribution in [0.15, 0.2) is 0 Å². The number of hydrogen-bond acceptors (Lipinski definition) is 2. The lowest BCUT2D eigenvalue weighted by Gasteiger charge is -2.06. The van der Waals surface area contributed by atoms with E-state index in [1.807, 2.05) is 0 Å². The highest BCUT2D eigenvalue weighted by atomic mass is 127. The molecule has 0 aliphatic rings. The highest BCUT2D eigenvalue weighted by Gasteiger charge is 1.96. The zero-order valence-electron chi connectivity index (χ0n) is 6.57. The van der Waals surface area contributed by atoms with E-state index in [1.165, 1.54) is 19.3 Å². The average molecular weight is 256 g/mol. The molecule has 0 saturated carbocycles. The van der Waals surface area contributed by atoms with E-state index < -0.39 is 0 Å². The van der Waals surface area contributed by atoms with Gasteiger partial charge in [0.05, 0.1) is 0 Å². The smallest absolute Gasteiger partial charge is 0.0169 e. The predicted octanol–water partition coefficient (Wildman–Crippen LogP) is 1.69. The Labute approximate surface area is 77.4 Å². The van der Waals surface area contributed by atoms with E-state index in [1.54, 1.807) is 0 Å². The van der Waals surface area contributed by atoms with E-state index in [9.17, 15) is 0 Å². The topological polar surface area (TPSA) is 38.0 Å². The maximum Gasteiger partial charge on any atom is 0.0169 e. The summed E-state index contributed by atoms with van der Waals surface area (Å²) in [5.41, 5.74) is 5.47. The highest BCUT2D eigenvalue weighted by molar-refractivity contribution is 14.1. The van der Waals surface area contributed by atoms with Gasteiger partial charge in [0.2, 0.25) is 0 Å². The van der Waals surface area contributed by atoms with Gasteiger partial charge in [0.15, 0.2) is 0 Å². The third-order valence-electron chi connectivity index (χ3n) is 1.62. The fraction of sp³-hybridized carbons (Fsp3) is 1.00. The SMILES string of the molecule is C[C@H](CN)CCCCNI. The zero-order chi connectivity index (χ0) is 7.82. The molecule has 10 heavy (non-hydrogen) atoms. The van der Waals surface area contributed by atoms with Crippen LogP contribution in [0.25, 0.3) is 0 Å². The van der Waals surface area contributed by atoms with Crippen LogP contribution >= 0.6 is 22.9 Å². The molecule has 0 unspecified atom stereocenters. The summed E-state index contributed by atoms with van der Waals surface area (Å²) in [7, 11) is 0. The second kappa shape index (κ2) is 7.75. The first kappa shape index (κ1) is 10.7. The molecule has 0 bridgehead atoms. The van der Waals surface area contributed by atoms with Crippen molar-refractivity contribution in [3.63, 3.8) is 0 Å². The van der Waals surface area contributed by atoms with E-state index in [0.29, 0.717) is 5.92 Å². The molecule has 0 radical (unpaired) electrons. The molecule has 0 amide bonds. The van der Waals surface area contributed by atoms with E-state index in [-0.39, 0.29) is 0 Å². The molecule has 0 aliphatic carbocycles. The predicted molar refractivity (Wildman–Crippen MR) is 54.1 cm³/mol. The summed E-state index contributed by atoms with van der Waals surface area (Å²) >= 11 is 2.18. The van der Waals surface area contributed by atoms with Crippen LogP contribution in [0.1, 0.15) is 26.2 Å². The summed E-state index contributed by atoms with van der Waals surface area (Å²) in [5, 5.41) is 0. The fourth-order valence-electron chi connectivity index (χ4n) is 0.802. The molecular weight excluding hydrogens is 239 g/mol. The Bertz CT molecular complexity index is 68.6. The van der Waals surface area contributed by atoms with Crippen molar-refractivity contribution in [1.29, 1.82) is 0 Å². The molecule has 0 rings (SSSR count). The summed E-state index contributed by atoms with van der Waals surface area (Å²) in [6.45, 7) is 4.16. The van der Waals surface area contributed by atoms with Crippen LogP contribution in [0.3, 0.4) is 0 Å². The van der Waals surface area contributed by atoms with Gasteiger partial charge in [0.25, 0.3) is 0 Å². The average Bonchev–Trinajstić information content (AvgIpc) is 1.98. The minimum atomic E-state index is 0.703. The molecule has 3 N–H and O–H groups in total. The Kier molecular flexibility index (Phi) is 8.26. The largest absolute Gasteiger partial charge is 0.330 e. The summed E-state index contributed by atoms with van der Waals surface area (Å²) in [4.78, 5) is 0. The molecule has 0 saturated heterocycles. The van der Waals surface area contributed by atoms with Crippen LogP contribution in [-0.2, 0) is 0 Å². The van der Waals surface area contributed by atoms with Gasteiger partial charge in [0, 0.05) is 29.4 Å². The van der Waals surface area contributed by atoms with E-state index in [2.05, 4.69) is 33.3 Å². The Morgan fingerprint density at radius 2 is 2.20 bits per heavy atom. The third-order valence-corrected chi connectivity index (χ3v) is 2.16. The van der Waals surface area contributed by atoms with Gasteiger partial charge in [-0.3, -0.25) is 3.53 Å². The first-order valence-corrected chi connectivity index (χ1v) is 4.92. The van der Waals surface area contributed by atoms with Crippen molar-refractivity contribution in [3.8, 4) is 0 Å². The van der Waals surface area contributed by atoms with Crippen LogP contribution in [0, 0.1) is 5.92 Å². The van der Waals surface area contributed by atoms with Gasteiger partial charge in [-0.25, -0.2) is 0 Å². The summed E-state index contributed by atoms with van der Waals surface area (Å²) < 4.78 is 3.10. The molecule has 0 spiro atoms. The number of rotatable bonds is 6. The van der Waals surface area contributed by atoms with Crippen LogP contribution in [0.4, 0.5) is 0 Å². The second-order valence-electron chi connectivity index (χ2n) is 2.72. The van der Waals surface area contributed by atoms with Crippen molar-refractivity contribution in [2.75, 3.05) is 13.1 Å². The zero-order valence-corrected chi connectivity index (χ0v) is 8.73.